The van der Waals surface area contributed by atoms with E-state index in [2.05, 4.69) is 41.6 Å². The summed E-state index contributed by atoms with van der Waals surface area (Å²) < 4.78 is 7.84. The minimum Gasteiger partial charge on any atom is -0.446 e. The van der Waals surface area contributed by atoms with Crippen LogP contribution in [0.2, 0.25) is 0 Å². The number of anilines is 1. The zero-order chi connectivity index (χ0) is 15.5. The first-order valence-corrected chi connectivity index (χ1v) is 8.63. The molecule has 0 spiro atoms. The molecule has 3 aromatic heterocycles. The molecule has 3 aromatic rings. The largest absolute Gasteiger partial charge is 0.446 e. The summed E-state index contributed by atoms with van der Waals surface area (Å²) in [6, 6.07) is 3.58. The second-order valence-electron chi connectivity index (χ2n) is 4.05. The highest BCUT2D eigenvalue weighted by molar-refractivity contribution is 9.10. The van der Waals surface area contributed by atoms with Crippen LogP contribution < -0.4 is 5.32 Å². The second kappa shape index (κ2) is 6.58. The summed E-state index contributed by atoms with van der Waals surface area (Å²) in [4.78, 5) is 11.8. The van der Waals surface area contributed by atoms with Crippen LogP contribution in [-0.4, -0.2) is 36.6 Å². The monoisotopic (exact) mass is 400 g/mol. The summed E-state index contributed by atoms with van der Waals surface area (Å²) in [6.45, 7) is 0. The molecule has 3 rings (SSSR count). The Morgan fingerprint density at radius 2 is 2.32 bits per heavy atom. The lowest BCUT2D eigenvalue weighted by molar-refractivity contribution is -0.113. The van der Waals surface area contributed by atoms with Gasteiger partial charge >= 0.3 is 0 Å². The van der Waals surface area contributed by atoms with Gasteiger partial charge in [-0.1, -0.05) is 23.1 Å². The molecule has 0 aliphatic rings. The number of rotatable bonds is 5. The van der Waals surface area contributed by atoms with Gasteiger partial charge in [-0.15, -0.1) is 20.4 Å². The van der Waals surface area contributed by atoms with Gasteiger partial charge in [0.2, 0.25) is 11.0 Å². The zero-order valence-corrected chi connectivity index (χ0v) is 14.4. The number of nitrogens with one attached hydrogen (secondary N) is 1. The van der Waals surface area contributed by atoms with Crippen LogP contribution in [0.3, 0.4) is 0 Å². The summed E-state index contributed by atoms with van der Waals surface area (Å²) >= 11 is 5.79. The van der Waals surface area contributed by atoms with E-state index in [1.165, 1.54) is 23.1 Å². The van der Waals surface area contributed by atoms with Gasteiger partial charge in [0.1, 0.15) is 5.51 Å². The third kappa shape index (κ3) is 3.36. The highest BCUT2D eigenvalue weighted by Gasteiger charge is 2.15. The Hall–Kier alpha value is -1.72. The van der Waals surface area contributed by atoms with Crippen LogP contribution in [0, 0.1) is 0 Å². The fourth-order valence-corrected chi connectivity index (χ4v) is 3.08. The number of carbonyl (C=O) groups is 1. The molecule has 3 heterocycles. The maximum Gasteiger partial charge on any atom is 0.236 e. The number of carbonyl (C=O) groups excluding carboxylic acids is 1. The van der Waals surface area contributed by atoms with Crippen LogP contribution in [-0.2, 0) is 11.8 Å². The van der Waals surface area contributed by atoms with Crippen LogP contribution >= 0.6 is 39.0 Å². The van der Waals surface area contributed by atoms with Crippen molar-refractivity contribution >= 4 is 50.1 Å². The quantitative estimate of drug-likeness (QED) is 0.656. The van der Waals surface area contributed by atoms with E-state index in [-0.39, 0.29) is 11.7 Å². The zero-order valence-electron chi connectivity index (χ0n) is 11.2. The second-order valence-corrected chi connectivity index (χ2v) is 6.61. The molecule has 8 nitrogen and oxygen atoms in total. The van der Waals surface area contributed by atoms with Gasteiger partial charge in [-0.25, -0.2) is 0 Å². The third-order valence-corrected chi connectivity index (χ3v) is 4.62. The molecule has 22 heavy (non-hydrogen) atoms. The Morgan fingerprint density at radius 1 is 1.45 bits per heavy atom. The van der Waals surface area contributed by atoms with E-state index < -0.39 is 0 Å². The number of thioether (sulfide) groups is 1. The van der Waals surface area contributed by atoms with Crippen molar-refractivity contribution in [3.05, 3.63) is 22.3 Å². The molecule has 0 saturated heterocycles. The standard InChI is InChI=1S/C11H9BrN6O2S2/c1-18-9(6-2-3-7(12)20-6)15-17-11(18)21-4-8(19)14-10-16-13-5-22-10/h2-3,5H,4H2,1H3,(H,14,16,19). The Morgan fingerprint density at radius 3 is 3.00 bits per heavy atom. The topological polar surface area (TPSA) is 98.7 Å². The number of amides is 1. The minimum atomic E-state index is -0.174. The highest BCUT2D eigenvalue weighted by atomic mass is 79.9. The van der Waals surface area contributed by atoms with Crippen molar-refractivity contribution < 1.29 is 9.21 Å². The fraction of sp³-hybridized carbons (Fsp3) is 0.182. The maximum atomic E-state index is 11.8. The number of hydrogen-bond acceptors (Lipinski definition) is 8. The lowest BCUT2D eigenvalue weighted by atomic mass is 10.4. The molecule has 0 unspecified atom stereocenters. The average molecular weight is 401 g/mol. The van der Waals surface area contributed by atoms with Crippen molar-refractivity contribution in [3.63, 3.8) is 0 Å². The first-order valence-electron chi connectivity index (χ1n) is 5.97. The normalized spacial score (nSPS) is 10.8. The minimum absolute atomic E-state index is 0.174. The van der Waals surface area contributed by atoms with Crippen LogP contribution in [0.4, 0.5) is 5.13 Å². The molecule has 0 radical (unpaired) electrons. The molecule has 1 N–H and O–H groups in total. The molecule has 0 aliphatic heterocycles. The Balaban J connectivity index is 1.64. The SMILES string of the molecule is Cn1c(SCC(=O)Nc2nncs2)nnc1-c1ccc(Br)o1. The lowest BCUT2D eigenvalue weighted by Crippen LogP contribution is -2.14. The van der Waals surface area contributed by atoms with Gasteiger partial charge in [0.25, 0.3) is 0 Å². The molecule has 114 valence electrons. The van der Waals surface area contributed by atoms with Crippen LogP contribution in [0.5, 0.6) is 0 Å². The predicted molar refractivity (Wildman–Crippen MR) is 85.7 cm³/mol. The van der Waals surface area contributed by atoms with Crippen molar-refractivity contribution in [1.29, 1.82) is 0 Å². The Labute approximate surface area is 141 Å². The van der Waals surface area contributed by atoms with Crippen LogP contribution in [0.15, 0.2) is 31.9 Å². The predicted octanol–water partition coefficient (Wildman–Crippen LogP) is 2.42. The number of furan rings is 1. The van der Waals surface area contributed by atoms with Crippen LogP contribution in [0.1, 0.15) is 0 Å². The van der Waals surface area contributed by atoms with Gasteiger partial charge in [0.05, 0.1) is 5.75 Å². The fourth-order valence-electron chi connectivity index (χ4n) is 1.60. The number of halogens is 1. The van der Waals surface area contributed by atoms with Gasteiger partial charge in [0, 0.05) is 7.05 Å². The summed E-state index contributed by atoms with van der Waals surface area (Å²) in [5, 5.41) is 19.3. The van der Waals surface area contributed by atoms with Crippen molar-refractivity contribution in [3.8, 4) is 11.6 Å². The average Bonchev–Trinajstić information content (AvgIpc) is 3.19. The molecule has 0 atom stereocenters. The molecule has 0 saturated carbocycles. The molecule has 0 fully saturated rings. The van der Waals surface area contributed by atoms with Gasteiger partial charge in [-0.3, -0.25) is 10.1 Å². The molecule has 1 amide bonds. The van der Waals surface area contributed by atoms with E-state index >= 15 is 0 Å². The first-order chi connectivity index (χ1) is 10.6. The van der Waals surface area contributed by atoms with Crippen molar-refractivity contribution in [2.75, 3.05) is 11.1 Å². The van der Waals surface area contributed by atoms with Gasteiger partial charge in [0.15, 0.2) is 21.4 Å². The van der Waals surface area contributed by atoms with E-state index in [1.54, 1.807) is 22.2 Å². The number of aromatic nitrogens is 5. The Kier molecular flexibility index (Phi) is 4.55. The van der Waals surface area contributed by atoms with E-state index in [4.69, 9.17) is 4.42 Å². The molecule has 11 heteroatoms. The molecular weight excluding hydrogens is 392 g/mol. The van der Waals surface area contributed by atoms with E-state index in [0.29, 0.717) is 26.5 Å². The number of hydrogen-bond donors (Lipinski definition) is 1. The Bertz CT molecular complexity index is 784. The summed E-state index contributed by atoms with van der Waals surface area (Å²) in [7, 11) is 1.82. The smallest absolute Gasteiger partial charge is 0.236 e. The van der Waals surface area contributed by atoms with E-state index in [1.807, 2.05) is 7.05 Å². The van der Waals surface area contributed by atoms with Crippen molar-refractivity contribution in [1.82, 2.24) is 25.0 Å². The van der Waals surface area contributed by atoms with Crippen molar-refractivity contribution in [2.45, 2.75) is 5.16 Å². The number of nitrogens with zero attached hydrogens (tertiary/aromatic N) is 5. The van der Waals surface area contributed by atoms with Crippen molar-refractivity contribution in [2.24, 2.45) is 7.05 Å². The summed E-state index contributed by atoms with van der Waals surface area (Å²) in [5.74, 6) is 1.23. The van der Waals surface area contributed by atoms with Gasteiger partial charge < -0.3 is 8.98 Å². The van der Waals surface area contributed by atoms with Gasteiger partial charge in [-0.2, -0.15) is 0 Å². The molecular formula is C11H9BrN6O2S2. The summed E-state index contributed by atoms with van der Waals surface area (Å²) in [6.07, 6.45) is 0. The molecule has 0 aromatic carbocycles. The first kappa shape index (κ1) is 15.2. The lowest BCUT2D eigenvalue weighted by Gasteiger charge is -2.02. The third-order valence-electron chi connectivity index (χ3n) is 2.57. The van der Waals surface area contributed by atoms with E-state index in [0.717, 1.165) is 0 Å². The van der Waals surface area contributed by atoms with E-state index in [9.17, 15) is 4.79 Å². The maximum absolute atomic E-state index is 11.8. The molecule has 0 aliphatic carbocycles. The van der Waals surface area contributed by atoms with Crippen LogP contribution in [0.25, 0.3) is 11.6 Å². The van der Waals surface area contributed by atoms with Gasteiger partial charge in [-0.05, 0) is 28.1 Å². The highest BCUT2D eigenvalue weighted by Crippen LogP contribution is 2.26. The molecule has 0 bridgehead atoms. The summed E-state index contributed by atoms with van der Waals surface area (Å²) in [5.41, 5.74) is 1.55.